The van der Waals surface area contributed by atoms with Crippen LogP contribution in [0.5, 0.6) is 0 Å². The highest BCUT2D eigenvalue weighted by atomic mass is 15.1. The van der Waals surface area contributed by atoms with Gasteiger partial charge in [0.25, 0.3) is 0 Å². The number of likely N-dealkylation sites (tertiary alicyclic amines) is 1. The summed E-state index contributed by atoms with van der Waals surface area (Å²) in [5.41, 5.74) is 4.66. The van der Waals surface area contributed by atoms with Gasteiger partial charge in [0.2, 0.25) is 0 Å². The van der Waals surface area contributed by atoms with E-state index in [1.807, 2.05) is 0 Å². The molecule has 0 bridgehead atoms. The summed E-state index contributed by atoms with van der Waals surface area (Å²) < 4.78 is 0. The Morgan fingerprint density at radius 1 is 0.900 bits per heavy atom. The summed E-state index contributed by atoms with van der Waals surface area (Å²) in [7, 11) is 0. The molecule has 1 aromatic carbocycles. The maximum Gasteiger partial charge on any atom is 0.0175 e. The summed E-state index contributed by atoms with van der Waals surface area (Å²) in [5, 5.41) is 0. The highest BCUT2D eigenvalue weighted by Gasteiger charge is 2.24. The van der Waals surface area contributed by atoms with Crippen LogP contribution in [-0.2, 0) is 0 Å². The fourth-order valence-corrected chi connectivity index (χ4v) is 3.97. The summed E-state index contributed by atoms with van der Waals surface area (Å²) in [4.78, 5) is 2.62. The number of allylic oxidation sites excluding steroid dienone is 2. The van der Waals surface area contributed by atoms with Crippen molar-refractivity contribution < 1.29 is 0 Å². The molecular formula is C19H27N. The minimum Gasteiger partial charge on any atom is -0.375 e. The van der Waals surface area contributed by atoms with Crippen LogP contribution in [-0.4, -0.2) is 18.0 Å². The zero-order chi connectivity index (χ0) is 13.8. The van der Waals surface area contributed by atoms with Gasteiger partial charge in [0.1, 0.15) is 0 Å². The van der Waals surface area contributed by atoms with Crippen LogP contribution in [0.2, 0.25) is 0 Å². The molecule has 3 rings (SSSR count). The average Bonchev–Trinajstić information content (AvgIpc) is 3.04. The van der Waals surface area contributed by atoms with Crippen molar-refractivity contribution in [1.29, 1.82) is 0 Å². The Bertz CT molecular complexity index is 448. The second kappa shape index (κ2) is 6.47. The van der Waals surface area contributed by atoms with Crippen LogP contribution < -0.4 is 0 Å². The minimum absolute atomic E-state index is 0.784. The summed E-state index contributed by atoms with van der Waals surface area (Å²) >= 11 is 0. The SMILES string of the molecule is CC(=C(c1ccccc1)C1CCCCC1)N1CCCC1. The van der Waals surface area contributed by atoms with Gasteiger partial charge in [-0.05, 0) is 49.7 Å². The van der Waals surface area contributed by atoms with Crippen LogP contribution in [0.4, 0.5) is 0 Å². The summed E-state index contributed by atoms with van der Waals surface area (Å²) in [6, 6.07) is 11.1. The van der Waals surface area contributed by atoms with Crippen LogP contribution in [0, 0.1) is 5.92 Å². The smallest absolute Gasteiger partial charge is 0.0175 e. The topological polar surface area (TPSA) is 3.24 Å². The molecular weight excluding hydrogens is 242 g/mol. The molecule has 0 N–H and O–H groups in total. The normalized spacial score (nSPS) is 21.9. The molecule has 0 aromatic heterocycles. The fraction of sp³-hybridized carbons (Fsp3) is 0.579. The van der Waals surface area contributed by atoms with Crippen molar-refractivity contribution in [2.45, 2.75) is 51.9 Å². The molecule has 1 saturated heterocycles. The Hall–Kier alpha value is -1.24. The fourth-order valence-electron chi connectivity index (χ4n) is 3.97. The van der Waals surface area contributed by atoms with Crippen LogP contribution >= 0.6 is 0 Å². The van der Waals surface area contributed by atoms with Gasteiger partial charge in [0, 0.05) is 18.8 Å². The number of nitrogens with zero attached hydrogens (tertiary/aromatic N) is 1. The van der Waals surface area contributed by atoms with Gasteiger partial charge in [-0.2, -0.15) is 0 Å². The van der Waals surface area contributed by atoms with Crippen molar-refractivity contribution in [1.82, 2.24) is 4.90 Å². The monoisotopic (exact) mass is 269 g/mol. The zero-order valence-corrected chi connectivity index (χ0v) is 12.8. The van der Waals surface area contributed by atoms with E-state index >= 15 is 0 Å². The van der Waals surface area contributed by atoms with Crippen LogP contribution in [0.3, 0.4) is 0 Å². The van der Waals surface area contributed by atoms with Crippen molar-refractivity contribution in [2.75, 3.05) is 13.1 Å². The first kappa shape index (κ1) is 13.7. The Balaban J connectivity index is 1.95. The predicted octanol–water partition coefficient (Wildman–Crippen LogP) is 5.09. The molecule has 1 aliphatic carbocycles. The van der Waals surface area contributed by atoms with Gasteiger partial charge >= 0.3 is 0 Å². The van der Waals surface area contributed by atoms with Gasteiger partial charge < -0.3 is 4.90 Å². The van der Waals surface area contributed by atoms with Gasteiger partial charge in [0.15, 0.2) is 0 Å². The Morgan fingerprint density at radius 3 is 2.20 bits per heavy atom. The summed E-state index contributed by atoms with van der Waals surface area (Å²) in [6.07, 6.45) is 9.75. The summed E-state index contributed by atoms with van der Waals surface area (Å²) in [5.74, 6) is 0.784. The van der Waals surface area contributed by atoms with E-state index < -0.39 is 0 Å². The van der Waals surface area contributed by atoms with Crippen molar-refractivity contribution >= 4 is 5.57 Å². The number of hydrogen-bond acceptors (Lipinski definition) is 1. The van der Waals surface area contributed by atoms with E-state index in [0.29, 0.717) is 0 Å². The number of hydrogen-bond donors (Lipinski definition) is 0. The van der Waals surface area contributed by atoms with E-state index in [1.165, 1.54) is 63.6 Å². The molecule has 0 atom stereocenters. The molecule has 20 heavy (non-hydrogen) atoms. The Labute approximate surface area is 123 Å². The van der Waals surface area contributed by atoms with E-state index in [4.69, 9.17) is 0 Å². The van der Waals surface area contributed by atoms with E-state index in [0.717, 1.165) is 5.92 Å². The van der Waals surface area contributed by atoms with Crippen LogP contribution in [0.15, 0.2) is 36.0 Å². The quantitative estimate of drug-likeness (QED) is 0.738. The third-order valence-electron chi connectivity index (χ3n) is 5.07. The molecule has 0 unspecified atom stereocenters. The molecule has 2 aliphatic rings. The highest BCUT2D eigenvalue weighted by molar-refractivity contribution is 5.70. The molecule has 1 heterocycles. The molecule has 1 aromatic rings. The Kier molecular flexibility index (Phi) is 4.44. The lowest BCUT2D eigenvalue weighted by Crippen LogP contribution is -2.21. The highest BCUT2D eigenvalue weighted by Crippen LogP contribution is 2.38. The third-order valence-corrected chi connectivity index (χ3v) is 5.07. The molecule has 1 nitrogen and oxygen atoms in total. The predicted molar refractivity (Wildman–Crippen MR) is 86.4 cm³/mol. The molecule has 108 valence electrons. The number of rotatable bonds is 3. The molecule has 1 heteroatoms. The van der Waals surface area contributed by atoms with Crippen molar-refractivity contribution in [3.63, 3.8) is 0 Å². The third kappa shape index (κ3) is 2.92. The van der Waals surface area contributed by atoms with E-state index in [2.05, 4.69) is 42.2 Å². The molecule has 1 saturated carbocycles. The Morgan fingerprint density at radius 2 is 1.55 bits per heavy atom. The second-order valence-electron chi connectivity index (χ2n) is 6.39. The minimum atomic E-state index is 0.784. The first-order chi connectivity index (χ1) is 9.86. The van der Waals surface area contributed by atoms with Crippen molar-refractivity contribution in [3.8, 4) is 0 Å². The molecule has 1 aliphatic heterocycles. The van der Waals surface area contributed by atoms with Crippen molar-refractivity contribution in [3.05, 3.63) is 41.6 Å². The van der Waals surface area contributed by atoms with E-state index in [1.54, 1.807) is 11.3 Å². The van der Waals surface area contributed by atoms with Gasteiger partial charge in [0.05, 0.1) is 0 Å². The molecule has 0 radical (unpaired) electrons. The lowest BCUT2D eigenvalue weighted by atomic mass is 9.80. The largest absolute Gasteiger partial charge is 0.375 e. The lowest BCUT2D eigenvalue weighted by Gasteiger charge is -2.30. The lowest BCUT2D eigenvalue weighted by molar-refractivity contribution is 0.400. The first-order valence-corrected chi connectivity index (χ1v) is 8.37. The second-order valence-corrected chi connectivity index (χ2v) is 6.39. The van der Waals surface area contributed by atoms with E-state index in [-0.39, 0.29) is 0 Å². The standard InChI is InChI=1S/C19H27N/c1-16(20-14-8-9-15-20)19(17-10-4-2-5-11-17)18-12-6-3-7-13-18/h2,4-5,10-11,18H,3,6-9,12-15H2,1H3. The van der Waals surface area contributed by atoms with E-state index in [9.17, 15) is 0 Å². The van der Waals surface area contributed by atoms with Gasteiger partial charge in [-0.1, -0.05) is 49.6 Å². The van der Waals surface area contributed by atoms with Crippen LogP contribution in [0.1, 0.15) is 57.4 Å². The molecule has 0 spiro atoms. The average molecular weight is 269 g/mol. The van der Waals surface area contributed by atoms with Crippen molar-refractivity contribution in [2.24, 2.45) is 5.92 Å². The van der Waals surface area contributed by atoms with Gasteiger partial charge in [-0.15, -0.1) is 0 Å². The maximum absolute atomic E-state index is 2.62. The van der Waals surface area contributed by atoms with Crippen LogP contribution in [0.25, 0.3) is 5.57 Å². The van der Waals surface area contributed by atoms with Gasteiger partial charge in [-0.25, -0.2) is 0 Å². The zero-order valence-electron chi connectivity index (χ0n) is 12.8. The summed E-state index contributed by atoms with van der Waals surface area (Å²) in [6.45, 7) is 4.88. The molecule has 2 fully saturated rings. The molecule has 0 amide bonds. The number of benzene rings is 1. The first-order valence-electron chi connectivity index (χ1n) is 8.37. The van der Waals surface area contributed by atoms with Gasteiger partial charge in [-0.3, -0.25) is 0 Å². The maximum atomic E-state index is 2.62.